The third kappa shape index (κ3) is 5.39. The molecule has 1 aromatic carbocycles. The van der Waals surface area contributed by atoms with Crippen LogP contribution in [0.2, 0.25) is 0 Å². The topological polar surface area (TPSA) is 54.9 Å². The van der Waals surface area contributed by atoms with Crippen LogP contribution in [0.4, 0.5) is 0 Å². The summed E-state index contributed by atoms with van der Waals surface area (Å²) in [6.07, 6.45) is 0. The lowest BCUT2D eigenvalue weighted by Gasteiger charge is -2.21. The highest BCUT2D eigenvalue weighted by molar-refractivity contribution is 7.10. The molecular formula is C20H29N3O2S. The van der Waals surface area contributed by atoms with Crippen molar-refractivity contribution in [3.05, 3.63) is 46.2 Å². The second-order valence-electron chi connectivity index (χ2n) is 6.11. The molecule has 0 aliphatic rings. The SMILES string of the molecule is CCNC(=NCC(C)c1cccs1)NC(C)c1cc(OC)ccc1OC. The Morgan fingerprint density at radius 2 is 2.00 bits per heavy atom. The van der Waals surface area contributed by atoms with Crippen LogP contribution in [-0.4, -0.2) is 33.3 Å². The Morgan fingerprint density at radius 1 is 1.19 bits per heavy atom. The molecule has 0 saturated carbocycles. The molecule has 0 spiro atoms. The maximum Gasteiger partial charge on any atom is 0.191 e. The van der Waals surface area contributed by atoms with E-state index in [0.717, 1.165) is 36.1 Å². The van der Waals surface area contributed by atoms with Crippen molar-refractivity contribution in [2.45, 2.75) is 32.7 Å². The Morgan fingerprint density at radius 3 is 2.62 bits per heavy atom. The first-order valence-corrected chi connectivity index (χ1v) is 9.77. The zero-order chi connectivity index (χ0) is 18.9. The van der Waals surface area contributed by atoms with E-state index in [1.165, 1.54) is 4.88 Å². The van der Waals surface area contributed by atoms with Gasteiger partial charge in [0.15, 0.2) is 5.96 Å². The van der Waals surface area contributed by atoms with Crippen molar-refractivity contribution in [2.24, 2.45) is 4.99 Å². The second-order valence-corrected chi connectivity index (χ2v) is 7.09. The van der Waals surface area contributed by atoms with E-state index in [0.29, 0.717) is 5.92 Å². The highest BCUT2D eigenvalue weighted by Crippen LogP contribution is 2.29. The van der Waals surface area contributed by atoms with Crippen molar-refractivity contribution in [1.29, 1.82) is 0 Å². The third-order valence-electron chi connectivity index (χ3n) is 4.15. The normalized spacial score (nSPS) is 13.8. The number of nitrogens with one attached hydrogen (secondary N) is 2. The average molecular weight is 376 g/mol. The number of methoxy groups -OCH3 is 2. The fourth-order valence-corrected chi connectivity index (χ4v) is 3.45. The van der Waals surface area contributed by atoms with Crippen molar-refractivity contribution in [2.75, 3.05) is 27.3 Å². The van der Waals surface area contributed by atoms with Gasteiger partial charge in [-0.15, -0.1) is 11.3 Å². The maximum absolute atomic E-state index is 5.50. The predicted octanol–water partition coefficient (Wildman–Crippen LogP) is 4.19. The van der Waals surface area contributed by atoms with Crippen LogP contribution >= 0.6 is 11.3 Å². The molecule has 26 heavy (non-hydrogen) atoms. The number of hydrogen-bond acceptors (Lipinski definition) is 4. The predicted molar refractivity (Wildman–Crippen MR) is 110 cm³/mol. The fraction of sp³-hybridized carbons (Fsp3) is 0.450. The van der Waals surface area contributed by atoms with Crippen LogP contribution in [0.1, 0.15) is 43.2 Å². The molecule has 0 aliphatic carbocycles. The van der Waals surface area contributed by atoms with E-state index in [1.54, 1.807) is 25.6 Å². The lowest BCUT2D eigenvalue weighted by molar-refractivity contribution is 0.394. The van der Waals surface area contributed by atoms with E-state index >= 15 is 0 Å². The standard InChI is InChI=1S/C20H29N3O2S/c1-6-21-20(22-13-14(2)19-8-7-11-26-19)23-15(3)17-12-16(24-4)9-10-18(17)25-5/h7-12,14-15H,6,13H2,1-5H3,(H2,21,22,23). The van der Waals surface area contributed by atoms with Gasteiger partial charge in [-0.05, 0) is 43.5 Å². The third-order valence-corrected chi connectivity index (χ3v) is 5.26. The van der Waals surface area contributed by atoms with Crippen molar-refractivity contribution in [1.82, 2.24) is 10.6 Å². The van der Waals surface area contributed by atoms with Crippen LogP contribution in [0, 0.1) is 0 Å². The maximum atomic E-state index is 5.50. The molecule has 0 aliphatic heterocycles. The monoisotopic (exact) mass is 375 g/mol. The van der Waals surface area contributed by atoms with E-state index in [1.807, 2.05) is 18.2 Å². The number of aliphatic imine (C=N–C) groups is 1. The van der Waals surface area contributed by atoms with Crippen LogP contribution in [0.5, 0.6) is 11.5 Å². The Kier molecular flexibility index (Phi) is 7.78. The first kappa shape index (κ1) is 20.1. The largest absolute Gasteiger partial charge is 0.497 e. The second kappa shape index (κ2) is 10.1. The molecule has 2 atom stereocenters. The molecule has 0 amide bonds. The molecule has 2 rings (SSSR count). The van der Waals surface area contributed by atoms with Gasteiger partial charge < -0.3 is 20.1 Å². The smallest absolute Gasteiger partial charge is 0.191 e. The zero-order valence-corrected chi connectivity index (χ0v) is 17.0. The minimum absolute atomic E-state index is 0.0230. The first-order chi connectivity index (χ1) is 12.6. The molecule has 5 nitrogen and oxygen atoms in total. The van der Waals surface area contributed by atoms with Gasteiger partial charge in [0.1, 0.15) is 11.5 Å². The van der Waals surface area contributed by atoms with Crippen LogP contribution in [0.25, 0.3) is 0 Å². The fourth-order valence-electron chi connectivity index (χ4n) is 2.67. The molecule has 1 aromatic heterocycles. The minimum atomic E-state index is 0.0230. The van der Waals surface area contributed by atoms with Crippen molar-refractivity contribution in [3.63, 3.8) is 0 Å². The van der Waals surface area contributed by atoms with Gasteiger partial charge in [-0.3, -0.25) is 4.99 Å². The summed E-state index contributed by atoms with van der Waals surface area (Å²) in [5.74, 6) is 2.83. The van der Waals surface area contributed by atoms with Gasteiger partial charge in [0, 0.05) is 22.9 Å². The molecule has 2 aromatic rings. The molecule has 1 heterocycles. The van der Waals surface area contributed by atoms with Gasteiger partial charge in [0.2, 0.25) is 0 Å². The van der Waals surface area contributed by atoms with Gasteiger partial charge in [0.25, 0.3) is 0 Å². The average Bonchev–Trinajstić information content (AvgIpc) is 3.20. The van der Waals surface area contributed by atoms with Gasteiger partial charge in [-0.1, -0.05) is 13.0 Å². The van der Waals surface area contributed by atoms with E-state index in [2.05, 4.69) is 48.9 Å². The van der Waals surface area contributed by atoms with Gasteiger partial charge in [-0.2, -0.15) is 0 Å². The molecule has 142 valence electrons. The zero-order valence-electron chi connectivity index (χ0n) is 16.2. The van der Waals surface area contributed by atoms with Crippen LogP contribution in [0.3, 0.4) is 0 Å². The van der Waals surface area contributed by atoms with E-state index < -0.39 is 0 Å². The minimum Gasteiger partial charge on any atom is -0.497 e. The first-order valence-electron chi connectivity index (χ1n) is 8.89. The number of rotatable bonds is 8. The number of guanidine groups is 1. The quantitative estimate of drug-likeness (QED) is 0.537. The Balaban J connectivity index is 2.12. The van der Waals surface area contributed by atoms with Crippen molar-refractivity contribution >= 4 is 17.3 Å². The number of ether oxygens (including phenoxy) is 2. The number of thiophene rings is 1. The lowest BCUT2D eigenvalue weighted by atomic mass is 10.1. The molecule has 6 heteroatoms. The number of nitrogens with zero attached hydrogens (tertiary/aromatic N) is 1. The highest BCUT2D eigenvalue weighted by atomic mass is 32.1. The summed E-state index contributed by atoms with van der Waals surface area (Å²) >= 11 is 1.78. The summed E-state index contributed by atoms with van der Waals surface area (Å²) in [5, 5.41) is 8.90. The summed E-state index contributed by atoms with van der Waals surface area (Å²) in [5.41, 5.74) is 1.03. The van der Waals surface area contributed by atoms with Gasteiger partial charge in [-0.25, -0.2) is 0 Å². The molecule has 0 saturated heterocycles. The molecule has 2 unspecified atom stereocenters. The number of benzene rings is 1. The molecule has 0 fully saturated rings. The summed E-state index contributed by atoms with van der Waals surface area (Å²) in [4.78, 5) is 6.12. The highest BCUT2D eigenvalue weighted by Gasteiger charge is 2.15. The van der Waals surface area contributed by atoms with Crippen LogP contribution in [-0.2, 0) is 0 Å². The van der Waals surface area contributed by atoms with Crippen LogP contribution in [0.15, 0.2) is 40.7 Å². The molecule has 0 bridgehead atoms. The van der Waals surface area contributed by atoms with Crippen LogP contribution < -0.4 is 20.1 Å². The summed E-state index contributed by atoms with van der Waals surface area (Å²) < 4.78 is 10.8. The lowest BCUT2D eigenvalue weighted by Crippen LogP contribution is -2.39. The summed E-state index contributed by atoms with van der Waals surface area (Å²) in [7, 11) is 3.35. The van der Waals surface area contributed by atoms with Crippen molar-refractivity contribution in [3.8, 4) is 11.5 Å². The molecule has 2 N–H and O–H groups in total. The Hall–Kier alpha value is -2.21. The van der Waals surface area contributed by atoms with Gasteiger partial charge in [0.05, 0.1) is 26.8 Å². The summed E-state index contributed by atoms with van der Waals surface area (Å²) in [6, 6.07) is 10.1. The van der Waals surface area contributed by atoms with E-state index in [9.17, 15) is 0 Å². The van der Waals surface area contributed by atoms with E-state index in [-0.39, 0.29) is 6.04 Å². The Bertz CT molecular complexity index is 701. The molecular weight excluding hydrogens is 346 g/mol. The van der Waals surface area contributed by atoms with E-state index in [4.69, 9.17) is 14.5 Å². The molecule has 0 radical (unpaired) electrons. The Labute approximate surface area is 160 Å². The number of hydrogen-bond donors (Lipinski definition) is 2. The van der Waals surface area contributed by atoms with Gasteiger partial charge >= 0.3 is 0 Å². The summed E-state index contributed by atoms with van der Waals surface area (Å²) in [6.45, 7) is 7.90. The van der Waals surface area contributed by atoms with Crippen molar-refractivity contribution < 1.29 is 9.47 Å².